The summed E-state index contributed by atoms with van der Waals surface area (Å²) < 4.78 is 33.3. The zero-order valence-corrected chi connectivity index (χ0v) is 18.9. The fraction of sp³-hybridized carbons (Fsp3) is 0.476. The van der Waals surface area contributed by atoms with Gasteiger partial charge in [0.25, 0.3) is 5.91 Å². The maximum absolute atomic E-state index is 13.0. The van der Waals surface area contributed by atoms with E-state index in [0.29, 0.717) is 0 Å². The van der Waals surface area contributed by atoms with Crippen LogP contribution >= 0.6 is 11.6 Å². The van der Waals surface area contributed by atoms with Crippen LogP contribution in [0.25, 0.3) is 0 Å². The van der Waals surface area contributed by atoms with Gasteiger partial charge in [0.05, 0.1) is 21.5 Å². The van der Waals surface area contributed by atoms with Crippen LogP contribution in [0.1, 0.15) is 67.6 Å². The second-order valence-corrected chi connectivity index (χ2v) is 10.8. The van der Waals surface area contributed by atoms with Gasteiger partial charge in [-0.3, -0.25) is 4.79 Å². The first-order valence-electron chi connectivity index (χ1n) is 9.60. The van der Waals surface area contributed by atoms with E-state index in [1.807, 2.05) is 13.0 Å². The van der Waals surface area contributed by atoms with E-state index in [4.69, 9.17) is 16.0 Å². The van der Waals surface area contributed by atoms with Crippen LogP contribution in [0.3, 0.4) is 0 Å². The number of carbonyl (C=O) groups excluding carboxylic acids is 1. The molecule has 158 valence electrons. The summed E-state index contributed by atoms with van der Waals surface area (Å²) in [5.41, 5.74) is 1.06. The molecule has 29 heavy (non-hydrogen) atoms. The predicted octanol–water partition coefficient (Wildman–Crippen LogP) is 4.37. The number of aryl methyl sites for hydroxylation is 1. The zero-order valence-electron chi connectivity index (χ0n) is 17.3. The summed E-state index contributed by atoms with van der Waals surface area (Å²) in [5.74, 6) is 1.27. The van der Waals surface area contributed by atoms with Crippen LogP contribution < -0.4 is 10.0 Å². The number of sulfonamides is 1. The summed E-state index contributed by atoms with van der Waals surface area (Å²) in [6, 6.07) is 5.60. The standard InChI is InChI=1S/C21H27ClN2O4S/c1-12(2)24-29(26,27)14-6-7-17(22)15(9-14)20(25)23-18-10-21(4,5)11-19-16(18)8-13(3)28-19/h6-9,12,18,24H,10-11H2,1-5H3,(H,23,25). The number of nitrogens with one attached hydrogen (secondary N) is 2. The van der Waals surface area contributed by atoms with Crippen molar-refractivity contribution in [1.29, 1.82) is 0 Å². The van der Waals surface area contributed by atoms with Crippen LogP contribution in [-0.2, 0) is 16.4 Å². The van der Waals surface area contributed by atoms with E-state index in [9.17, 15) is 13.2 Å². The molecule has 1 aliphatic rings. The third kappa shape index (κ3) is 4.85. The minimum absolute atomic E-state index is 0.00423. The molecular weight excluding hydrogens is 412 g/mol. The highest BCUT2D eigenvalue weighted by molar-refractivity contribution is 7.89. The van der Waals surface area contributed by atoms with Crippen molar-refractivity contribution in [3.63, 3.8) is 0 Å². The van der Waals surface area contributed by atoms with Crippen molar-refractivity contribution < 1.29 is 17.6 Å². The largest absolute Gasteiger partial charge is 0.466 e. The van der Waals surface area contributed by atoms with E-state index < -0.39 is 15.9 Å². The van der Waals surface area contributed by atoms with Gasteiger partial charge in [-0.25, -0.2) is 13.1 Å². The van der Waals surface area contributed by atoms with Crippen molar-refractivity contribution in [2.75, 3.05) is 0 Å². The molecule has 0 bridgehead atoms. The van der Waals surface area contributed by atoms with Gasteiger partial charge in [0.2, 0.25) is 10.0 Å². The molecule has 0 spiro atoms. The Balaban J connectivity index is 1.91. The van der Waals surface area contributed by atoms with Gasteiger partial charge in [-0.2, -0.15) is 0 Å². The average molecular weight is 439 g/mol. The molecule has 1 aromatic carbocycles. The lowest BCUT2D eigenvalue weighted by atomic mass is 9.74. The molecule has 1 amide bonds. The van der Waals surface area contributed by atoms with Gasteiger partial charge in [0, 0.05) is 18.0 Å². The van der Waals surface area contributed by atoms with E-state index in [0.717, 1.165) is 29.9 Å². The van der Waals surface area contributed by atoms with Gasteiger partial charge in [-0.05, 0) is 56.9 Å². The number of hydrogen-bond acceptors (Lipinski definition) is 4. The number of carbonyl (C=O) groups is 1. The van der Waals surface area contributed by atoms with E-state index in [-0.39, 0.29) is 33.0 Å². The number of benzene rings is 1. The molecule has 0 radical (unpaired) electrons. The van der Waals surface area contributed by atoms with Gasteiger partial charge in [-0.15, -0.1) is 0 Å². The van der Waals surface area contributed by atoms with Gasteiger partial charge in [-0.1, -0.05) is 25.4 Å². The molecule has 0 fully saturated rings. The highest BCUT2D eigenvalue weighted by Gasteiger charge is 2.36. The number of amides is 1. The van der Waals surface area contributed by atoms with Crippen LogP contribution in [0.2, 0.25) is 5.02 Å². The van der Waals surface area contributed by atoms with Gasteiger partial charge >= 0.3 is 0 Å². The van der Waals surface area contributed by atoms with Crippen LogP contribution in [-0.4, -0.2) is 20.4 Å². The Kier molecular flexibility index (Phi) is 5.87. The number of fused-ring (bicyclic) bond motifs is 1. The normalized spacial score (nSPS) is 18.5. The second kappa shape index (κ2) is 7.78. The van der Waals surface area contributed by atoms with E-state index in [1.54, 1.807) is 13.8 Å². The maximum Gasteiger partial charge on any atom is 0.253 e. The first-order chi connectivity index (χ1) is 13.4. The maximum atomic E-state index is 13.0. The van der Waals surface area contributed by atoms with Crippen molar-refractivity contribution in [3.8, 4) is 0 Å². The molecule has 1 atom stereocenters. The lowest BCUT2D eigenvalue weighted by Crippen LogP contribution is -2.36. The van der Waals surface area contributed by atoms with E-state index in [1.165, 1.54) is 18.2 Å². The molecule has 2 N–H and O–H groups in total. The Morgan fingerprint density at radius 2 is 1.97 bits per heavy atom. The molecule has 0 aliphatic heterocycles. The SMILES string of the molecule is Cc1cc2c(o1)CC(C)(C)CC2NC(=O)c1cc(S(=O)(=O)NC(C)C)ccc1Cl. The summed E-state index contributed by atoms with van der Waals surface area (Å²) in [6.45, 7) is 9.61. The molecule has 1 aromatic heterocycles. The van der Waals surface area contributed by atoms with Crippen LogP contribution in [0.5, 0.6) is 0 Å². The lowest BCUT2D eigenvalue weighted by molar-refractivity contribution is 0.0917. The summed E-state index contributed by atoms with van der Waals surface area (Å²) in [7, 11) is -3.73. The highest BCUT2D eigenvalue weighted by Crippen LogP contribution is 2.42. The molecule has 0 saturated heterocycles. The Morgan fingerprint density at radius 1 is 1.28 bits per heavy atom. The molecular formula is C21H27ClN2O4S. The fourth-order valence-corrected chi connectivity index (χ4v) is 5.25. The quantitative estimate of drug-likeness (QED) is 0.725. The van der Waals surface area contributed by atoms with Crippen molar-refractivity contribution >= 4 is 27.5 Å². The van der Waals surface area contributed by atoms with Crippen molar-refractivity contribution in [2.45, 2.75) is 64.4 Å². The Hall–Kier alpha value is -1.83. The average Bonchev–Trinajstić information content (AvgIpc) is 2.92. The summed E-state index contributed by atoms with van der Waals surface area (Å²) in [6.07, 6.45) is 1.55. The Bertz CT molecular complexity index is 1040. The van der Waals surface area contributed by atoms with Crippen molar-refractivity contribution in [3.05, 3.63) is 51.9 Å². The Morgan fingerprint density at radius 3 is 2.62 bits per heavy atom. The zero-order chi connectivity index (χ0) is 21.6. The van der Waals surface area contributed by atoms with Crippen LogP contribution in [0.15, 0.2) is 33.6 Å². The number of halogens is 1. The van der Waals surface area contributed by atoms with Crippen LogP contribution in [0.4, 0.5) is 0 Å². The van der Waals surface area contributed by atoms with Gasteiger partial charge in [0.15, 0.2) is 0 Å². The van der Waals surface area contributed by atoms with Crippen LogP contribution in [0, 0.1) is 12.3 Å². The first-order valence-corrected chi connectivity index (χ1v) is 11.5. The summed E-state index contributed by atoms with van der Waals surface area (Å²) in [4.78, 5) is 13.0. The molecule has 1 heterocycles. The third-order valence-electron chi connectivity index (χ3n) is 4.93. The number of rotatable bonds is 5. The summed E-state index contributed by atoms with van der Waals surface area (Å²) in [5, 5.41) is 3.22. The predicted molar refractivity (Wildman–Crippen MR) is 113 cm³/mol. The van der Waals surface area contributed by atoms with Gasteiger partial charge in [0.1, 0.15) is 11.5 Å². The molecule has 1 unspecified atom stereocenters. The van der Waals surface area contributed by atoms with Crippen molar-refractivity contribution in [1.82, 2.24) is 10.0 Å². The third-order valence-corrected chi connectivity index (χ3v) is 6.91. The van der Waals surface area contributed by atoms with Gasteiger partial charge < -0.3 is 9.73 Å². The van der Waals surface area contributed by atoms with Crippen molar-refractivity contribution in [2.24, 2.45) is 5.41 Å². The monoisotopic (exact) mass is 438 g/mol. The number of furan rings is 1. The number of hydrogen-bond donors (Lipinski definition) is 2. The summed E-state index contributed by atoms with van der Waals surface area (Å²) >= 11 is 6.23. The molecule has 0 saturated carbocycles. The molecule has 8 heteroatoms. The molecule has 1 aliphatic carbocycles. The lowest BCUT2D eigenvalue weighted by Gasteiger charge is -2.34. The van der Waals surface area contributed by atoms with E-state index >= 15 is 0 Å². The first kappa shape index (κ1) is 21.9. The Labute approximate surface area is 177 Å². The smallest absolute Gasteiger partial charge is 0.253 e. The highest BCUT2D eigenvalue weighted by atomic mass is 35.5. The molecule has 3 rings (SSSR count). The minimum atomic E-state index is -3.73. The minimum Gasteiger partial charge on any atom is -0.466 e. The molecule has 2 aromatic rings. The fourth-order valence-electron chi connectivity index (χ4n) is 3.77. The molecule has 6 nitrogen and oxygen atoms in total. The van der Waals surface area contributed by atoms with E-state index in [2.05, 4.69) is 23.9 Å². The second-order valence-electron chi connectivity index (χ2n) is 8.72. The topological polar surface area (TPSA) is 88.4 Å².